The van der Waals surface area contributed by atoms with Gasteiger partial charge in [-0.15, -0.1) is 0 Å². The van der Waals surface area contributed by atoms with Crippen LogP contribution in [0.15, 0.2) is 54.6 Å². The molecule has 0 unspecified atom stereocenters. The van der Waals surface area contributed by atoms with E-state index in [0.717, 1.165) is 5.56 Å². The van der Waals surface area contributed by atoms with Gasteiger partial charge >= 0.3 is 7.12 Å². The number of carbonyl (C=O) groups is 1. The fourth-order valence-corrected chi connectivity index (χ4v) is 1.76. The van der Waals surface area contributed by atoms with Gasteiger partial charge in [0.15, 0.2) is 0 Å². The molecule has 19 heavy (non-hydrogen) atoms. The van der Waals surface area contributed by atoms with Crippen molar-refractivity contribution >= 4 is 24.2 Å². The normalized spacial score (nSPS) is 10.0. The van der Waals surface area contributed by atoms with Crippen molar-refractivity contribution in [2.45, 2.75) is 6.42 Å². The predicted molar refractivity (Wildman–Crippen MR) is 75.0 cm³/mol. The lowest BCUT2D eigenvalue weighted by Crippen LogP contribution is -2.30. The van der Waals surface area contributed by atoms with Crippen LogP contribution in [0.1, 0.15) is 5.56 Å². The minimum Gasteiger partial charge on any atom is -0.423 e. The van der Waals surface area contributed by atoms with E-state index in [-0.39, 0.29) is 12.3 Å². The fraction of sp³-hybridized carbons (Fsp3) is 0.0714. The van der Waals surface area contributed by atoms with Gasteiger partial charge in [0.05, 0.1) is 6.42 Å². The van der Waals surface area contributed by atoms with Crippen molar-refractivity contribution in [2.75, 3.05) is 5.32 Å². The lowest BCUT2D eigenvalue weighted by Gasteiger charge is -2.07. The van der Waals surface area contributed by atoms with Crippen molar-refractivity contribution < 1.29 is 14.8 Å². The lowest BCUT2D eigenvalue weighted by molar-refractivity contribution is -0.115. The maximum Gasteiger partial charge on any atom is 0.488 e. The van der Waals surface area contributed by atoms with Crippen molar-refractivity contribution in [1.82, 2.24) is 0 Å². The van der Waals surface area contributed by atoms with Gasteiger partial charge in [-0.25, -0.2) is 0 Å². The van der Waals surface area contributed by atoms with Crippen molar-refractivity contribution in [3.8, 4) is 0 Å². The Balaban J connectivity index is 2.01. The molecule has 1 amide bonds. The van der Waals surface area contributed by atoms with Gasteiger partial charge in [-0.2, -0.15) is 0 Å². The van der Waals surface area contributed by atoms with E-state index in [9.17, 15) is 4.79 Å². The molecule has 2 aromatic rings. The largest absolute Gasteiger partial charge is 0.488 e. The quantitative estimate of drug-likeness (QED) is 0.698. The number of hydrogen-bond donors (Lipinski definition) is 3. The summed E-state index contributed by atoms with van der Waals surface area (Å²) in [6.45, 7) is 0. The van der Waals surface area contributed by atoms with Gasteiger partial charge in [-0.3, -0.25) is 4.79 Å². The first-order valence-electron chi connectivity index (χ1n) is 5.95. The van der Waals surface area contributed by atoms with E-state index in [1.165, 1.54) is 6.07 Å². The van der Waals surface area contributed by atoms with E-state index in [0.29, 0.717) is 11.2 Å². The second-order valence-corrected chi connectivity index (χ2v) is 4.21. The Morgan fingerprint density at radius 2 is 1.79 bits per heavy atom. The molecule has 2 aromatic carbocycles. The zero-order chi connectivity index (χ0) is 13.7. The van der Waals surface area contributed by atoms with E-state index in [1.807, 2.05) is 30.3 Å². The van der Waals surface area contributed by atoms with Gasteiger partial charge in [-0.05, 0) is 23.2 Å². The third-order valence-corrected chi connectivity index (χ3v) is 2.68. The summed E-state index contributed by atoms with van der Waals surface area (Å²) in [4.78, 5) is 11.8. The number of hydrogen-bond acceptors (Lipinski definition) is 3. The first kappa shape index (κ1) is 13.3. The van der Waals surface area contributed by atoms with Crippen LogP contribution >= 0.6 is 0 Å². The highest BCUT2D eigenvalue weighted by atomic mass is 16.4. The Hall–Kier alpha value is -2.11. The fourth-order valence-electron chi connectivity index (χ4n) is 1.76. The van der Waals surface area contributed by atoms with Gasteiger partial charge in [0.25, 0.3) is 0 Å². The number of amides is 1. The van der Waals surface area contributed by atoms with Crippen LogP contribution in [0.4, 0.5) is 5.69 Å². The molecule has 4 nitrogen and oxygen atoms in total. The molecule has 3 N–H and O–H groups in total. The number of rotatable bonds is 4. The highest BCUT2D eigenvalue weighted by Crippen LogP contribution is 2.06. The standard InChI is InChI=1S/C14H14BNO3/c17-14(9-11-5-2-1-3-6-11)16-13-8-4-7-12(10-13)15(18)19/h1-8,10,18-19H,9H2,(H,16,17). The molecule has 0 bridgehead atoms. The van der Waals surface area contributed by atoms with E-state index in [1.54, 1.807) is 18.2 Å². The molecule has 96 valence electrons. The summed E-state index contributed by atoms with van der Waals surface area (Å²) in [5, 5.41) is 20.8. The monoisotopic (exact) mass is 255 g/mol. The average Bonchev–Trinajstić information content (AvgIpc) is 2.40. The summed E-state index contributed by atoms with van der Waals surface area (Å²) in [6.07, 6.45) is 0.284. The molecular formula is C14H14BNO3. The molecule has 0 saturated carbocycles. The summed E-state index contributed by atoms with van der Waals surface area (Å²) in [7, 11) is -1.54. The zero-order valence-corrected chi connectivity index (χ0v) is 10.3. The number of anilines is 1. The van der Waals surface area contributed by atoms with E-state index < -0.39 is 7.12 Å². The Morgan fingerprint density at radius 1 is 1.05 bits per heavy atom. The minimum absolute atomic E-state index is 0.143. The van der Waals surface area contributed by atoms with Crippen LogP contribution in [-0.4, -0.2) is 23.1 Å². The number of carbonyl (C=O) groups excluding carboxylic acids is 1. The van der Waals surface area contributed by atoms with Gasteiger partial charge < -0.3 is 15.4 Å². The Bertz CT molecular complexity index is 558. The van der Waals surface area contributed by atoms with Crippen LogP contribution < -0.4 is 10.8 Å². The second kappa shape index (κ2) is 6.18. The topological polar surface area (TPSA) is 69.6 Å². The summed E-state index contributed by atoms with van der Waals surface area (Å²) >= 11 is 0. The maximum absolute atomic E-state index is 11.8. The van der Waals surface area contributed by atoms with Gasteiger partial charge in [0.1, 0.15) is 0 Å². The molecule has 0 atom stereocenters. The molecule has 0 fully saturated rings. The highest BCUT2D eigenvalue weighted by Gasteiger charge is 2.11. The van der Waals surface area contributed by atoms with Crippen LogP contribution in [0.25, 0.3) is 0 Å². The van der Waals surface area contributed by atoms with Gasteiger partial charge in [0.2, 0.25) is 5.91 Å². The molecule has 0 aliphatic heterocycles. The summed E-state index contributed by atoms with van der Waals surface area (Å²) in [6, 6.07) is 15.9. The van der Waals surface area contributed by atoms with Crippen LogP contribution in [0.3, 0.4) is 0 Å². The average molecular weight is 255 g/mol. The first-order valence-corrected chi connectivity index (χ1v) is 5.95. The second-order valence-electron chi connectivity index (χ2n) is 4.21. The van der Waals surface area contributed by atoms with Crippen LogP contribution in [0.2, 0.25) is 0 Å². The number of nitrogens with one attached hydrogen (secondary N) is 1. The van der Waals surface area contributed by atoms with E-state index in [4.69, 9.17) is 10.0 Å². The molecule has 0 aliphatic carbocycles. The Labute approximate surface area is 111 Å². The molecule has 0 heterocycles. The minimum atomic E-state index is -1.54. The number of benzene rings is 2. The molecule has 5 heteroatoms. The van der Waals surface area contributed by atoms with Gasteiger partial charge in [0, 0.05) is 5.69 Å². The smallest absolute Gasteiger partial charge is 0.423 e. The van der Waals surface area contributed by atoms with Crippen LogP contribution in [0.5, 0.6) is 0 Å². The highest BCUT2D eigenvalue weighted by molar-refractivity contribution is 6.58. The SMILES string of the molecule is O=C(Cc1ccccc1)Nc1cccc(B(O)O)c1. The summed E-state index contributed by atoms with van der Waals surface area (Å²) < 4.78 is 0. The summed E-state index contributed by atoms with van der Waals surface area (Å²) in [5.41, 5.74) is 1.82. The van der Waals surface area contributed by atoms with E-state index in [2.05, 4.69) is 5.32 Å². The Kier molecular flexibility index (Phi) is 4.33. The molecule has 0 aliphatic rings. The third kappa shape index (κ3) is 3.94. The third-order valence-electron chi connectivity index (χ3n) is 2.68. The van der Waals surface area contributed by atoms with Gasteiger partial charge in [-0.1, -0.05) is 42.5 Å². The van der Waals surface area contributed by atoms with E-state index >= 15 is 0 Å². The maximum atomic E-state index is 11.8. The zero-order valence-electron chi connectivity index (χ0n) is 10.3. The lowest BCUT2D eigenvalue weighted by atomic mass is 9.80. The molecular weight excluding hydrogens is 241 g/mol. The molecule has 0 radical (unpaired) electrons. The molecule has 2 rings (SSSR count). The summed E-state index contributed by atoms with van der Waals surface area (Å²) in [5.74, 6) is -0.143. The van der Waals surface area contributed by atoms with Crippen molar-refractivity contribution in [2.24, 2.45) is 0 Å². The Morgan fingerprint density at radius 3 is 2.47 bits per heavy atom. The van der Waals surface area contributed by atoms with Crippen molar-refractivity contribution in [1.29, 1.82) is 0 Å². The van der Waals surface area contributed by atoms with Crippen LogP contribution in [-0.2, 0) is 11.2 Å². The van der Waals surface area contributed by atoms with Crippen molar-refractivity contribution in [3.05, 3.63) is 60.2 Å². The van der Waals surface area contributed by atoms with Crippen LogP contribution in [0, 0.1) is 0 Å². The first-order chi connectivity index (χ1) is 9.15. The predicted octanol–water partition coefficient (Wildman–Crippen LogP) is 0.548. The van der Waals surface area contributed by atoms with Crippen molar-refractivity contribution in [3.63, 3.8) is 0 Å². The molecule has 0 spiro atoms. The molecule has 0 aromatic heterocycles. The molecule has 0 saturated heterocycles.